The van der Waals surface area contributed by atoms with Gasteiger partial charge in [-0.25, -0.2) is 9.59 Å². The number of fused-ring (bicyclic) bond motifs is 1. The molecule has 0 bridgehead atoms. The molecule has 2 aliphatic heterocycles. The van der Waals surface area contributed by atoms with E-state index in [0.717, 1.165) is 0 Å². The minimum atomic E-state index is -0.737. The number of hydrogen-bond donors (Lipinski definition) is 1. The van der Waals surface area contributed by atoms with Gasteiger partial charge in [0.25, 0.3) is 5.91 Å². The lowest BCUT2D eigenvalue weighted by atomic mass is 10.0. The smallest absolute Gasteiger partial charge is 0.408 e. The van der Waals surface area contributed by atoms with Crippen molar-refractivity contribution >= 4 is 49.4 Å². The van der Waals surface area contributed by atoms with E-state index in [2.05, 4.69) is 11.9 Å². The molecular weight excluding hydrogens is 330 g/mol. The fraction of sp³-hybridized carbons (Fsp3) is 0.417. The van der Waals surface area contributed by atoms with Crippen molar-refractivity contribution in [2.24, 2.45) is 0 Å². The van der Waals surface area contributed by atoms with Gasteiger partial charge in [-0.1, -0.05) is 12.7 Å². The molecule has 1 N–H and O–H groups in total. The molecule has 0 aromatic carbocycles. The summed E-state index contributed by atoms with van der Waals surface area (Å²) in [5.74, 6) is -0.381. The zero-order valence-electron chi connectivity index (χ0n) is 11.8. The van der Waals surface area contributed by atoms with Gasteiger partial charge in [0.2, 0.25) is 0 Å². The van der Waals surface area contributed by atoms with Gasteiger partial charge in [-0.15, -0.1) is 23.4 Å². The Balaban J connectivity index is 2.12. The van der Waals surface area contributed by atoms with Crippen molar-refractivity contribution in [2.45, 2.75) is 11.4 Å². The highest BCUT2D eigenvalue weighted by Crippen LogP contribution is 2.40. The van der Waals surface area contributed by atoms with Crippen molar-refractivity contribution in [3.8, 4) is 0 Å². The number of thioether (sulfide) groups is 1. The largest absolute Gasteiger partial charge is 0.539 e. The fourth-order valence-corrected chi connectivity index (χ4v) is 3.85. The minimum Gasteiger partial charge on any atom is -0.539 e. The molecule has 0 aromatic rings. The van der Waals surface area contributed by atoms with Crippen molar-refractivity contribution in [3.05, 3.63) is 23.9 Å². The number of carbonyl (C=O) groups excluding carboxylic acids is 3. The van der Waals surface area contributed by atoms with Gasteiger partial charge in [-0.3, -0.25) is 9.69 Å². The normalized spacial score (nSPS) is 23.3. The predicted molar refractivity (Wildman–Crippen MR) is 83.9 cm³/mol. The molecule has 2 heterocycles. The first kappa shape index (κ1) is 16.8. The standard InChI is InChI=1S/C12H14BClN2O5S/c1-2-3-20-12(19)15-7-9(17)16-8(11(18)21-13)6(4-14)5-22-10(7)16/h2,7,10H,1,3-5,13H2,(H,15,19)/t7-,10-/m1/s1. The lowest BCUT2D eigenvalue weighted by Gasteiger charge is -2.49. The van der Waals surface area contributed by atoms with E-state index in [-0.39, 0.29) is 23.6 Å². The molecule has 1 saturated heterocycles. The van der Waals surface area contributed by atoms with Gasteiger partial charge in [0, 0.05) is 11.6 Å². The van der Waals surface area contributed by atoms with Crippen molar-refractivity contribution in [1.29, 1.82) is 0 Å². The highest BCUT2D eigenvalue weighted by molar-refractivity contribution is 8.00. The lowest BCUT2D eigenvalue weighted by molar-refractivity contribution is -0.148. The molecule has 0 aromatic heterocycles. The molecule has 7 nitrogen and oxygen atoms in total. The maximum atomic E-state index is 12.2. The van der Waals surface area contributed by atoms with Crippen LogP contribution in [0.4, 0.5) is 4.79 Å². The molecule has 0 radical (unpaired) electrons. The van der Waals surface area contributed by atoms with Crippen molar-refractivity contribution in [3.63, 3.8) is 0 Å². The number of nitrogens with zero attached hydrogens (tertiary/aromatic N) is 1. The van der Waals surface area contributed by atoms with Crippen LogP contribution in [0, 0.1) is 0 Å². The third kappa shape index (κ3) is 2.96. The molecule has 0 spiro atoms. The molecule has 2 aliphatic rings. The predicted octanol–water partition coefficient (Wildman–Crippen LogP) is -0.234. The summed E-state index contributed by atoms with van der Waals surface area (Å²) in [7, 11) is 1.24. The van der Waals surface area contributed by atoms with Crippen LogP contribution in [0.5, 0.6) is 0 Å². The number of ether oxygens (including phenoxy) is 1. The van der Waals surface area contributed by atoms with E-state index < -0.39 is 24.0 Å². The van der Waals surface area contributed by atoms with Crippen LogP contribution in [0.3, 0.4) is 0 Å². The molecule has 2 amide bonds. The molecule has 2 atom stereocenters. The second-order valence-corrected chi connectivity index (χ2v) is 5.87. The summed E-state index contributed by atoms with van der Waals surface area (Å²) in [6.45, 7) is 3.48. The number of hydrogen-bond acceptors (Lipinski definition) is 6. The summed E-state index contributed by atoms with van der Waals surface area (Å²) in [6.07, 6.45) is 0.722. The lowest BCUT2D eigenvalue weighted by Crippen LogP contribution is -2.70. The van der Waals surface area contributed by atoms with Crippen LogP contribution in [0.15, 0.2) is 23.9 Å². The summed E-state index contributed by atoms with van der Waals surface area (Å²) in [6, 6.07) is -0.737. The van der Waals surface area contributed by atoms with Crippen molar-refractivity contribution in [2.75, 3.05) is 18.2 Å². The number of halogens is 1. The fourth-order valence-electron chi connectivity index (χ4n) is 2.17. The summed E-state index contributed by atoms with van der Waals surface area (Å²) in [5, 5.41) is 2.11. The highest BCUT2D eigenvalue weighted by Gasteiger charge is 2.54. The van der Waals surface area contributed by atoms with E-state index in [1.54, 1.807) is 0 Å². The van der Waals surface area contributed by atoms with Crippen LogP contribution < -0.4 is 5.32 Å². The van der Waals surface area contributed by atoms with Gasteiger partial charge in [0.1, 0.15) is 23.7 Å². The van der Waals surface area contributed by atoms with Crippen molar-refractivity contribution in [1.82, 2.24) is 10.2 Å². The Morgan fingerprint density at radius 1 is 1.59 bits per heavy atom. The first-order valence-corrected chi connectivity index (χ1v) is 7.98. The third-order valence-corrected chi connectivity index (χ3v) is 4.86. The molecule has 0 unspecified atom stereocenters. The minimum absolute atomic E-state index is 0.0535. The monoisotopic (exact) mass is 344 g/mol. The number of nitrogens with one attached hydrogen (secondary N) is 1. The number of β-lactam (4-membered cyclic amide) rings is 1. The van der Waals surface area contributed by atoms with E-state index in [1.807, 2.05) is 0 Å². The molecule has 118 valence electrons. The average Bonchev–Trinajstić information content (AvgIpc) is 2.55. The highest BCUT2D eigenvalue weighted by atomic mass is 35.5. The first-order chi connectivity index (χ1) is 10.5. The van der Waals surface area contributed by atoms with Crippen molar-refractivity contribution < 1.29 is 23.8 Å². The quantitative estimate of drug-likeness (QED) is 0.321. The Kier molecular flexibility index (Phi) is 5.41. The van der Waals surface area contributed by atoms with Gasteiger partial charge in [-0.2, -0.15) is 0 Å². The summed E-state index contributed by atoms with van der Waals surface area (Å²) >= 11 is 7.24. The number of amides is 2. The molecule has 0 aliphatic carbocycles. The molecule has 1 fully saturated rings. The van der Waals surface area contributed by atoms with Crippen LogP contribution >= 0.6 is 23.4 Å². The summed E-state index contributed by atoms with van der Waals surface area (Å²) < 4.78 is 9.50. The van der Waals surface area contributed by atoms with E-state index in [0.29, 0.717) is 11.3 Å². The Labute approximate surface area is 137 Å². The Hall–Kier alpha value is -1.61. The average molecular weight is 345 g/mol. The molecule has 10 heteroatoms. The van der Waals surface area contributed by atoms with Gasteiger partial charge in [-0.05, 0) is 5.57 Å². The maximum absolute atomic E-state index is 12.2. The molecule has 2 rings (SSSR count). The van der Waals surface area contributed by atoms with Gasteiger partial charge >= 0.3 is 20.1 Å². The van der Waals surface area contributed by atoms with Crippen LogP contribution in [-0.2, 0) is 19.0 Å². The SMILES string of the molecule is BOC(=O)C1=C(CCl)CS[C@@H]2[C@H](NC(=O)OCC=C)C(=O)N12. The third-order valence-electron chi connectivity index (χ3n) is 3.19. The first-order valence-electron chi connectivity index (χ1n) is 6.40. The van der Waals surface area contributed by atoms with E-state index >= 15 is 0 Å². The summed E-state index contributed by atoms with van der Waals surface area (Å²) in [5.41, 5.74) is 0.805. The topological polar surface area (TPSA) is 84.9 Å². The van der Waals surface area contributed by atoms with E-state index in [1.165, 1.54) is 30.8 Å². The van der Waals surface area contributed by atoms with Gasteiger partial charge < -0.3 is 14.7 Å². The summed E-state index contributed by atoms with van der Waals surface area (Å²) in [4.78, 5) is 37.0. The Bertz CT molecular complexity index is 556. The van der Waals surface area contributed by atoms with Gasteiger partial charge in [0.05, 0.1) is 0 Å². The number of carbonyl (C=O) groups is 3. The Morgan fingerprint density at radius 2 is 2.32 bits per heavy atom. The zero-order valence-corrected chi connectivity index (χ0v) is 13.4. The number of rotatable bonds is 5. The second-order valence-electron chi connectivity index (χ2n) is 4.50. The van der Waals surface area contributed by atoms with E-state index in [9.17, 15) is 14.4 Å². The number of alkyl halides is 1. The van der Waals surface area contributed by atoms with Crippen LogP contribution in [0.2, 0.25) is 0 Å². The second kappa shape index (κ2) is 7.10. The number of alkyl carbamates (subject to hydrolysis) is 1. The molecule has 22 heavy (non-hydrogen) atoms. The van der Waals surface area contributed by atoms with Crippen LogP contribution in [-0.4, -0.2) is 60.6 Å². The van der Waals surface area contributed by atoms with E-state index in [4.69, 9.17) is 21.0 Å². The maximum Gasteiger partial charge on any atom is 0.408 e. The Morgan fingerprint density at radius 3 is 2.91 bits per heavy atom. The van der Waals surface area contributed by atoms with Gasteiger partial charge in [0.15, 0.2) is 0 Å². The zero-order chi connectivity index (χ0) is 16.3. The molecule has 0 saturated carbocycles. The molecular formula is C12H14BClN2O5S. The van der Waals surface area contributed by atoms with Crippen LogP contribution in [0.1, 0.15) is 0 Å². The van der Waals surface area contributed by atoms with Crippen LogP contribution in [0.25, 0.3) is 0 Å².